The molecular weight excluding hydrogens is 1190 g/mol. The summed E-state index contributed by atoms with van der Waals surface area (Å²) < 4.78 is 5.68. The molecule has 0 aromatic carbocycles. The van der Waals surface area contributed by atoms with Crippen LogP contribution in [0.3, 0.4) is 0 Å². The van der Waals surface area contributed by atoms with E-state index in [-0.39, 0.29) is 62.2 Å². The maximum atomic E-state index is 15.3. The highest BCUT2D eigenvalue weighted by Crippen LogP contribution is 2.27. The summed E-state index contributed by atoms with van der Waals surface area (Å²) in [6, 6.07) is -14.8. The van der Waals surface area contributed by atoms with Crippen molar-refractivity contribution in [3.8, 4) is 0 Å². The number of ether oxygens (including phenoxy) is 1. The van der Waals surface area contributed by atoms with Crippen molar-refractivity contribution in [1.82, 2.24) is 55.6 Å². The van der Waals surface area contributed by atoms with E-state index in [0.29, 0.717) is 0 Å². The highest BCUT2D eigenvalue weighted by Gasteiger charge is 2.47. The van der Waals surface area contributed by atoms with Crippen LogP contribution in [0.4, 0.5) is 0 Å². The van der Waals surface area contributed by atoms with Gasteiger partial charge in [0.2, 0.25) is 65.0 Å². The molecular formula is C68H121N11O14. The molecule has 0 aliphatic carbocycles. The second-order valence-corrected chi connectivity index (χ2v) is 29.1. The summed E-state index contributed by atoms with van der Waals surface area (Å²) in [5, 5.41) is 23.2. The molecule has 1 fully saturated rings. The normalized spacial score (nSPS) is 26.5. The van der Waals surface area contributed by atoms with Crippen molar-refractivity contribution in [3.05, 3.63) is 12.2 Å². The van der Waals surface area contributed by atoms with Gasteiger partial charge in [-0.3, -0.25) is 57.5 Å². The fourth-order valence-corrected chi connectivity index (χ4v) is 11.6. The molecule has 1 heterocycles. The number of likely N-dealkylation sites (N-methyl/N-ethyl adjacent to an activating group) is 7. The van der Waals surface area contributed by atoms with Crippen molar-refractivity contribution >= 4 is 70.9 Å². The first-order chi connectivity index (χ1) is 42.7. The number of aliphatic hydroxyl groups is 1. The minimum atomic E-state index is -1.70. The van der Waals surface area contributed by atoms with E-state index in [1.54, 1.807) is 81.4 Å². The monoisotopic (exact) mass is 1320 g/mol. The van der Waals surface area contributed by atoms with Gasteiger partial charge in [-0.15, -0.1) is 0 Å². The van der Waals surface area contributed by atoms with Gasteiger partial charge in [0.1, 0.15) is 72.1 Å². The van der Waals surface area contributed by atoms with Gasteiger partial charge in [0.15, 0.2) is 0 Å². The van der Waals surface area contributed by atoms with E-state index >= 15 is 28.8 Å². The fraction of sp³-hybridized carbons (Fsp3) is 0.794. The third-order valence-electron chi connectivity index (χ3n) is 17.2. The van der Waals surface area contributed by atoms with E-state index in [4.69, 9.17) is 4.74 Å². The number of esters is 1. The summed E-state index contributed by atoms with van der Waals surface area (Å²) in [4.78, 5) is 186. The average Bonchev–Trinajstić information content (AvgIpc) is 1.04. The van der Waals surface area contributed by atoms with Gasteiger partial charge in [0, 0.05) is 49.3 Å². The molecule has 5 N–H and O–H groups in total. The first-order valence-corrected chi connectivity index (χ1v) is 33.3. The third kappa shape index (κ3) is 24.3. The Labute approximate surface area is 556 Å². The minimum Gasteiger partial charge on any atom is -0.460 e. The molecule has 13 atom stereocenters. The number of carbonyl (C=O) groups is 12. The number of hydrogen-bond donors (Lipinski definition) is 5. The Bertz CT molecular complexity index is 2600. The summed E-state index contributed by atoms with van der Waals surface area (Å²) in [6.07, 6.45) is 1.82. The molecule has 25 heteroatoms. The lowest BCUT2D eigenvalue weighted by atomic mass is 9.91. The number of hydrogen-bond acceptors (Lipinski definition) is 14. The highest BCUT2D eigenvalue weighted by molar-refractivity contribution is 6.00. The summed E-state index contributed by atoms with van der Waals surface area (Å²) in [7, 11) is 9.63. The summed E-state index contributed by atoms with van der Waals surface area (Å²) >= 11 is 0. The quantitative estimate of drug-likeness (QED) is 0.0999. The number of amides is 11. The summed E-state index contributed by atoms with van der Waals surface area (Å²) in [5.41, 5.74) is -1.04. The first kappa shape index (κ1) is 84.4. The van der Waals surface area contributed by atoms with Crippen LogP contribution in [0.5, 0.6) is 0 Å². The van der Waals surface area contributed by atoms with E-state index in [9.17, 15) is 33.9 Å². The van der Waals surface area contributed by atoms with Crippen molar-refractivity contribution in [1.29, 1.82) is 0 Å². The maximum absolute atomic E-state index is 15.3. The molecule has 1 aliphatic rings. The molecule has 25 nitrogen and oxygen atoms in total. The number of allylic oxidation sites excluding steroid dienone is 2. The van der Waals surface area contributed by atoms with E-state index in [2.05, 4.69) is 21.3 Å². The summed E-state index contributed by atoms with van der Waals surface area (Å²) in [6.45, 7) is 34.3. The number of rotatable bonds is 17. The van der Waals surface area contributed by atoms with Gasteiger partial charge in [-0.1, -0.05) is 109 Å². The van der Waals surface area contributed by atoms with Crippen LogP contribution in [-0.4, -0.2) is 238 Å². The average molecular weight is 1320 g/mol. The predicted octanol–water partition coefficient (Wildman–Crippen LogP) is 4.37. The van der Waals surface area contributed by atoms with Gasteiger partial charge in [0.25, 0.3) is 0 Å². The molecule has 1 saturated heterocycles. The smallest absolute Gasteiger partial charge is 0.308 e. The second kappa shape index (κ2) is 37.4. The molecule has 0 radical (unpaired) electrons. The van der Waals surface area contributed by atoms with E-state index in [0.717, 1.165) is 14.7 Å². The Balaban J connectivity index is 4.59. The SMILES string of the molecule is C/C=C/C[C@@H](C)[C@@H](O)[C@H]1C(=O)N[C@@H](CC)C(=O)N(C)[C@@H](CC(=O)OC(C)(C)C)C(=O)N(C)[C@@H](CC(C)C)C(=O)N[C@@H](C(C)C)C(=O)N(C)[C@@H](CC(C)C)C(=O)N[C@@H](C)C(=O)N[C@H](C)C(=O)N(C)[C@@H](CC(C)C)C(=O)N(C)[C@@H](CC(C)C)C(=O)N(C)[C@@H](C(C)C)C(=O)N1C. The number of nitrogens with zero attached hydrogens (tertiary/aromatic N) is 7. The lowest BCUT2D eigenvalue weighted by Gasteiger charge is -2.41. The van der Waals surface area contributed by atoms with Gasteiger partial charge >= 0.3 is 5.97 Å². The van der Waals surface area contributed by atoms with Crippen LogP contribution in [0, 0.1) is 41.4 Å². The van der Waals surface area contributed by atoms with Gasteiger partial charge in [-0.25, -0.2) is 0 Å². The zero-order valence-corrected chi connectivity index (χ0v) is 61.5. The van der Waals surface area contributed by atoms with Gasteiger partial charge in [-0.2, -0.15) is 0 Å². The highest BCUT2D eigenvalue weighted by atomic mass is 16.6. The first-order valence-electron chi connectivity index (χ1n) is 33.3. The Morgan fingerprint density at radius 2 is 0.860 bits per heavy atom. The van der Waals surface area contributed by atoms with Crippen LogP contribution in [0.2, 0.25) is 0 Å². The van der Waals surface area contributed by atoms with Gasteiger partial charge in [-0.05, 0) is 121 Å². The van der Waals surface area contributed by atoms with Gasteiger partial charge < -0.3 is 65.4 Å². The van der Waals surface area contributed by atoms with E-state index < -0.39 is 173 Å². The largest absolute Gasteiger partial charge is 0.460 e. The van der Waals surface area contributed by atoms with Crippen molar-refractivity contribution in [2.75, 3.05) is 49.3 Å². The van der Waals surface area contributed by atoms with Crippen LogP contribution in [0.15, 0.2) is 12.2 Å². The Morgan fingerprint density at radius 3 is 1.29 bits per heavy atom. The molecule has 0 spiro atoms. The molecule has 93 heavy (non-hydrogen) atoms. The molecule has 11 amide bonds. The number of carbonyl (C=O) groups excluding carboxylic acids is 12. The van der Waals surface area contributed by atoms with Gasteiger partial charge in [0.05, 0.1) is 12.5 Å². The molecule has 0 aromatic heterocycles. The van der Waals surface area contributed by atoms with E-state index in [1.165, 1.54) is 82.8 Å². The minimum absolute atomic E-state index is 0.0302. The van der Waals surface area contributed by atoms with Crippen LogP contribution >= 0.6 is 0 Å². The molecule has 1 rings (SSSR count). The third-order valence-corrected chi connectivity index (χ3v) is 17.2. The molecule has 532 valence electrons. The zero-order chi connectivity index (χ0) is 72.3. The van der Waals surface area contributed by atoms with E-state index in [1.807, 2.05) is 55.4 Å². The number of aliphatic hydroxyl groups excluding tert-OH is 1. The standard InChI is InChI=1S/C68H121N11O14/c1-28-30-31-43(15)56(81)55-60(85)71-46(29-2)62(87)76(24)51(36-52(80)93-68(18,19)20)64(89)73(21)48(33-38(5)6)59(84)72-53(41(11)12)66(91)74(22)47(32-37(3)4)58(83)69-44(16)57(82)70-45(17)61(86)75(23)49(34-39(7)8)63(88)77(25)50(35-40(9)10)65(90)78(26)54(42(13)14)67(92)79(55)27/h28,30,37-51,53-56,81H,29,31-36H2,1-27H3,(H,69,83)(H,70,82)(H,71,85)(H,72,84)/b30-28+/t43-,44+,45-,46+,47+,48+,49+,50+,51+,53+,54+,55+,56-/m1/s1. The number of nitrogens with one attached hydrogen (secondary N) is 4. The molecule has 0 unspecified atom stereocenters. The molecule has 0 bridgehead atoms. The van der Waals surface area contributed by atoms with Crippen LogP contribution in [0.1, 0.15) is 183 Å². The predicted molar refractivity (Wildman–Crippen MR) is 358 cm³/mol. The van der Waals surface area contributed by atoms with Crippen LogP contribution < -0.4 is 21.3 Å². The maximum Gasteiger partial charge on any atom is 0.308 e. The molecule has 0 aromatic rings. The Kier molecular flexibility index (Phi) is 34.0. The Hall–Kier alpha value is -6.66. The van der Waals surface area contributed by atoms with Crippen LogP contribution in [0.25, 0.3) is 0 Å². The molecule has 1 aliphatic heterocycles. The Morgan fingerprint density at radius 1 is 0.473 bits per heavy atom. The fourth-order valence-electron chi connectivity index (χ4n) is 11.6. The second-order valence-electron chi connectivity index (χ2n) is 29.1. The van der Waals surface area contributed by atoms with Crippen LogP contribution in [-0.2, 0) is 62.3 Å². The topological polar surface area (TPSA) is 305 Å². The van der Waals surface area contributed by atoms with Crippen molar-refractivity contribution < 1.29 is 67.4 Å². The summed E-state index contributed by atoms with van der Waals surface area (Å²) in [5.74, 6) is -11.8. The van der Waals surface area contributed by atoms with Crippen molar-refractivity contribution in [3.63, 3.8) is 0 Å². The van der Waals surface area contributed by atoms with Crippen molar-refractivity contribution in [2.45, 2.75) is 262 Å². The lowest BCUT2D eigenvalue weighted by molar-refractivity contribution is -0.161. The van der Waals surface area contributed by atoms with Crippen molar-refractivity contribution in [2.24, 2.45) is 41.4 Å². The zero-order valence-electron chi connectivity index (χ0n) is 61.5. The molecule has 0 saturated carbocycles. The lowest BCUT2D eigenvalue weighted by Crippen LogP contribution is -2.64.